The Morgan fingerprint density at radius 3 is 2.45 bits per heavy atom. The van der Waals surface area contributed by atoms with Gasteiger partial charge in [0.25, 0.3) is 0 Å². The number of nitriles is 2. The summed E-state index contributed by atoms with van der Waals surface area (Å²) in [5, 5.41) is 20.6. The second-order valence-corrected chi connectivity index (χ2v) is 9.93. The van der Waals surface area contributed by atoms with Crippen LogP contribution in [0, 0.1) is 39.3 Å². The lowest BCUT2D eigenvalue weighted by molar-refractivity contribution is -0.127. The topological polar surface area (TPSA) is 67.9 Å². The molecule has 0 N–H and O–H groups in total. The van der Waals surface area contributed by atoms with E-state index in [-0.39, 0.29) is 10.3 Å². The fourth-order valence-corrected chi connectivity index (χ4v) is 5.00. The molecule has 0 aromatic heterocycles. The summed E-state index contributed by atoms with van der Waals surface area (Å²) in [5.74, 6) is -1.41. The Bertz CT molecular complexity index is 1170. The molecule has 2 aliphatic rings. The number of hydrogen-bond donors (Lipinski definition) is 0. The molecule has 1 fully saturated rings. The Balaban J connectivity index is 2.04. The third-order valence-corrected chi connectivity index (χ3v) is 6.87. The van der Waals surface area contributed by atoms with Crippen LogP contribution < -0.4 is 4.90 Å². The molecule has 156 valence electrons. The molecule has 0 aliphatic carbocycles. The molecule has 1 saturated heterocycles. The van der Waals surface area contributed by atoms with E-state index in [4.69, 9.17) is 0 Å². The van der Waals surface area contributed by atoms with E-state index in [0.717, 1.165) is 11.3 Å². The number of halogens is 2. The molecule has 2 aromatic rings. The van der Waals surface area contributed by atoms with Gasteiger partial charge >= 0.3 is 0 Å². The number of para-hydroxylation sites is 1. The van der Waals surface area contributed by atoms with Crippen molar-refractivity contribution in [1.82, 2.24) is 0 Å². The molecular formula is C25H21BrFN3O. The standard InChI is InChI=1S/C25H21BrFN3O/c1-24(2,3)23(31)22-21(16-8-10-17(26)18(27)12-16)25(13-28,14-29)20-11-9-15-6-4-5-7-19(15)30(20)22/h4-12,20-22H,1-3H3/t20-,21-,22+/m1/s1. The van der Waals surface area contributed by atoms with E-state index < -0.39 is 34.6 Å². The molecule has 31 heavy (non-hydrogen) atoms. The minimum atomic E-state index is -1.56. The van der Waals surface area contributed by atoms with Crippen LogP contribution in [-0.4, -0.2) is 17.9 Å². The van der Waals surface area contributed by atoms with Crippen molar-refractivity contribution in [2.45, 2.75) is 38.8 Å². The number of ketones is 1. The molecule has 0 spiro atoms. The van der Waals surface area contributed by atoms with E-state index >= 15 is 0 Å². The largest absolute Gasteiger partial charge is 0.351 e. The number of rotatable bonds is 2. The van der Waals surface area contributed by atoms with Crippen LogP contribution in [0.3, 0.4) is 0 Å². The van der Waals surface area contributed by atoms with E-state index in [0.29, 0.717) is 5.56 Å². The molecule has 2 aliphatic heterocycles. The third kappa shape index (κ3) is 3.09. The Hall–Kier alpha value is -2.96. The maximum absolute atomic E-state index is 14.5. The lowest BCUT2D eigenvalue weighted by Crippen LogP contribution is -2.47. The maximum atomic E-state index is 14.5. The van der Waals surface area contributed by atoms with Gasteiger partial charge in [0, 0.05) is 17.0 Å². The highest BCUT2D eigenvalue weighted by molar-refractivity contribution is 9.10. The van der Waals surface area contributed by atoms with Crippen LogP contribution in [0.2, 0.25) is 0 Å². The van der Waals surface area contributed by atoms with Crippen molar-refractivity contribution in [3.63, 3.8) is 0 Å². The normalized spacial score (nSPS) is 23.5. The smallest absolute Gasteiger partial charge is 0.176 e. The van der Waals surface area contributed by atoms with Crippen LogP contribution in [0.25, 0.3) is 6.08 Å². The van der Waals surface area contributed by atoms with Crippen LogP contribution in [0.5, 0.6) is 0 Å². The second-order valence-electron chi connectivity index (χ2n) is 9.07. The number of Topliss-reactive ketones (excluding diaryl/α,β-unsaturated/α-hetero) is 1. The zero-order valence-corrected chi connectivity index (χ0v) is 19.0. The number of hydrogen-bond acceptors (Lipinski definition) is 4. The number of carbonyl (C=O) groups excluding carboxylic acids is 1. The SMILES string of the molecule is CC(C)(C)C(=O)[C@@H]1[C@@H](c2ccc(Br)c(F)c2)C(C#N)(C#N)[C@H]2C=Cc3ccccc3N12. The summed E-state index contributed by atoms with van der Waals surface area (Å²) in [4.78, 5) is 15.7. The Morgan fingerprint density at radius 2 is 1.84 bits per heavy atom. The number of nitrogens with zero attached hydrogens (tertiary/aromatic N) is 3. The Labute approximate surface area is 189 Å². The first kappa shape index (κ1) is 21.3. The van der Waals surface area contributed by atoms with Crippen LogP contribution in [0.4, 0.5) is 10.1 Å². The molecule has 4 rings (SSSR count). The first-order chi connectivity index (χ1) is 14.7. The quantitative estimate of drug-likeness (QED) is 0.563. The van der Waals surface area contributed by atoms with Gasteiger partial charge in [0.05, 0.1) is 28.7 Å². The maximum Gasteiger partial charge on any atom is 0.176 e. The molecule has 0 amide bonds. The minimum absolute atomic E-state index is 0.0942. The van der Waals surface area contributed by atoms with E-state index in [1.807, 2.05) is 62.1 Å². The van der Waals surface area contributed by atoms with Crippen LogP contribution in [0.1, 0.15) is 37.8 Å². The van der Waals surface area contributed by atoms with Gasteiger partial charge in [-0.05, 0) is 45.3 Å². The highest BCUT2D eigenvalue weighted by Gasteiger charge is 2.64. The number of benzene rings is 2. The predicted octanol–water partition coefficient (Wildman–Crippen LogP) is 5.60. The first-order valence-corrected chi connectivity index (χ1v) is 10.8. The fraction of sp³-hybridized carbons (Fsp3) is 0.320. The van der Waals surface area contributed by atoms with E-state index in [1.165, 1.54) is 6.07 Å². The molecule has 0 bridgehead atoms. The molecule has 0 saturated carbocycles. The zero-order chi connectivity index (χ0) is 22.6. The second kappa shape index (κ2) is 7.32. The van der Waals surface area contributed by atoms with Crippen LogP contribution in [0.15, 0.2) is 53.0 Å². The highest BCUT2D eigenvalue weighted by Crippen LogP contribution is 2.56. The molecule has 2 heterocycles. The Morgan fingerprint density at radius 1 is 1.16 bits per heavy atom. The van der Waals surface area contributed by atoms with Gasteiger partial charge in [-0.1, -0.05) is 57.2 Å². The van der Waals surface area contributed by atoms with Crippen molar-refractivity contribution in [2.24, 2.45) is 10.8 Å². The highest BCUT2D eigenvalue weighted by atomic mass is 79.9. The van der Waals surface area contributed by atoms with Crippen molar-refractivity contribution in [3.8, 4) is 12.1 Å². The number of anilines is 1. The summed E-state index contributed by atoms with van der Waals surface area (Å²) in [6.07, 6.45) is 3.72. The zero-order valence-electron chi connectivity index (χ0n) is 17.4. The average Bonchev–Trinajstić information content (AvgIpc) is 3.05. The van der Waals surface area contributed by atoms with Gasteiger partial charge in [-0.2, -0.15) is 10.5 Å². The van der Waals surface area contributed by atoms with Crippen LogP contribution in [-0.2, 0) is 4.79 Å². The number of fused-ring (bicyclic) bond motifs is 3. The fourth-order valence-electron chi connectivity index (χ4n) is 4.76. The van der Waals surface area contributed by atoms with Gasteiger partial charge in [-0.25, -0.2) is 4.39 Å². The predicted molar refractivity (Wildman–Crippen MR) is 120 cm³/mol. The van der Waals surface area contributed by atoms with Crippen molar-refractivity contribution in [3.05, 3.63) is 70.0 Å². The summed E-state index contributed by atoms with van der Waals surface area (Å²) in [5.41, 5.74) is -0.105. The lowest BCUT2D eigenvalue weighted by Gasteiger charge is -2.37. The van der Waals surface area contributed by atoms with Gasteiger partial charge in [-0.15, -0.1) is 0 Å². The summed E-state index contributed by atoms with van der Waals surface area (Å²) in [7, 11) is 0. The van der Waals surface area contributed by atoms with Gasteiger partial charge in [0.15, 0.2) is 11.2 Å². The van der Waals surface area contributed by atoms with Gasteiger partial charge < -0.3 is 4.90 Å². The van der Waals surface area contributed by atoms with Gasteiger partial charge in [-0.3, -0.25) is 4.79 Å². The van der Waals surface area contributed by atoms with Crippen molar-refractivity contribution >= 4 is 33.5 Å². The molecular weight excluding hydrogens is 457 g/mol. The summed E-state index contributed by atoms with van der Waals surface area (Å²) in [6.45, 7) is 5.48. The molecule has 4 nitrogen and oxygen atoms in total. The minimum Gasteiger partial charge on any atom is -0.351 e. The van der Waals surface area contributed by atoms with Crippen LogP contribution >= 0.6 is 15.9 Å². The van der Waals surface area contributed by atoms with Crippen molar-refractivity contribution in [2.75, 3.05) is 4.90 Å². The van der Waals surface area contributed by atoms with E-state index in [9.17, 15) is 19.7 Å². The Kier molecular flexibility index (Phi) is 5.03. The van der Waals surface area contributed by atoms with Crippen molar-refractivity contribution < 1.29 is 9.18 Å². The van der Waals surface area contributed by atoms with E-state index in [2.05, 4.69) is 28.1 Å². The third-order valence-electron chi connectivity index (χ3n) is 6.23. The average molecular weight is 478 g/mol. The molecule has 6 heteroatoms. The number of carbonyl (C=O) groups is 1. The molecule has 2 aromatic carbocycles. The van der Waals surface area contributed by atoms with E-state index in [1.54, 1.807) is 12.1 Å². The first-order valence-electron chi connectivity index (χ1n) is 10.0. The summed E-state index contributed by atoms with van der Waals surface area (Å²) < 4.78 is 14.8. The summed E-state index contributed by atoms with van der Waals surface area (Å²) >= 11 is 3.17. The van der Waals surface area contributed by atoms with Gasteiger partial charge in [0.2, 0.25) is 0 Å². The molecule has 3 atom stereocenters. The lowest BCUT2D eigenvalue weighted by atomic mass is 9.68. The van der Waals surface area contributed by atoms with Gasteiger partial charge in [0.1, 0.15) is 5.82 Å². The summed E-state index contributed by atoms with van der Waals surface area (Å²) in [6, 6.07) is 15.2. The molecule has 0 unspecified atom stereocenters. The van der Waals surface area contributed by atoms with Crippen molar-refractivity contribution in [1.29, 1.82) is 10.5 Å². The molecule has 0 radical (unpaired) electrons. The monoisotopic (exact) mass is 477 g/mol.